The molecule has 0 aliphatic carbocycles. The molecule has 0 saturated heterocycles. The van der Waals surface area contributed by atoms with Gasteiger partial charge in [-0.25, -0.2) is 9.78 Å². The highest BCUT2D eigenvalue weighted by molar-refractivity contribution is 7.14. The van der Waals surface area contributed by atoms with Crippen molar-refractivity contribution in [2.45, 2.75) is 6.54 Å². The summed E-state index contributed by atoms with van der Waals surface area (Å²) in [5, 5.41) is 17.4. The predicted molar refractivity (Wildman–Crippen MR) is 117 cm³/mol. The van der Waals surface area contributed by atoms with Gasteiger partial charge in [0.15, 0.2) is 5.13 Å². The number of amides is 1. The second kappa shape index (κ2) is 7.65. The summed E-state index contributed by atoms with van der Waals surface area (Å²) < 4.78 is 2.19. The number of carbonyl (C=O) groups is 1. The van der Waals surface area contributed by atoms with Crippen molar-refractivity contribution < 1.29 is 4.79 Å². The molecule has 8 nitrogen and oxygen atoms in total. The number of aromatic nitrogens is 5. The van der Waals surface area contributed by atoms with E-state index in [1.807, 2.05) is 41.1 Å². The van der Waals surface area contributed by atoms with E-state index >= 15 is 0 Å². The Hall–Kier alpha value is -3.63. The smallest absolute Gasteiger partial charge is 0.300 e. The lowest BCUT2D eigenvalue weighted by Crippen LogP contribution is -2.29. The van der Waals surface area contributed by atoms with Gasteiger partial charge in [0.1, 0.15) is 11.5 Å². The van der Waals surface area contributed by atoms with Gasteiger partial charge in [0.05, 0.1) is 5.69 Å². The number of fused-ring (bicyclic) bond motifs is 1. The Kier molecular flexibility index (Phi) is 4.69. The molecule has 5 rings (SSSR count). The minimum absolute atomic E-state index is 0.241. The number of tetrazole rings is 1. The lowest BCUT2D eigenvalue weighted by atomic mass is 10.1. The first-order chi connectivity index (χ1) is 14.7. The molecule has 5 aromatic rings. The third-order valence-electron chi connectivity index (χ3n) is 4.44. The monoisotopic (exact) mass is 434 g/mol. The van der Waals surface area contributed by atoms with E-state index in [-0.39, 0.29) is 6.54 Å². The van der Waals surface area contributed by atoms with Crippen molar-refractivity contribution in [1.82, 2.24) is 24.8 Å². The molecule has 0 fully saturated rings. The molecule has 148 valence electrons. The van der Waals surface area contributed by atoms with Gasteiger partial charge in [-0.1, -0.05) is 36.4 Å². The van der Waals surface area contributed by atoms with Crippen molar-refractivity contribution in [3.05, 3.63) is 75.8 Å². The van der Waals surface area contributed by atoms with Crippen LogP contribution in [0.1, 0.15) is 0 Å². The third-order valence-corrected chi connectivity index (χ3v) is 6.04. The van der Waals surface area contributed by atoms with E-state index in [4.69, 9.17) is 0 Å². The van der Waals surface area contributed by atoms with Crippen molar-refractivity contribution in [3.8, 4) is 16.3 Å². The summed E-state index contributed by atoms with van der Waals surface area (Å²) in [5.41, 5.74) is 1.28. The lowest BCUT2D eigenvalue weighted by molar-refractivity contribution is -0.117. The van der Waals surface area contributed by atoms with Crippen molar-refractivity contribution in [2.75, 3.05) is 5.32 Å². The Bertz CT molecular complexity index is 1400. The number of carbonyl (C=O) groups excluding carboxylic acids is 1. The number of nitrogens with one attached hydrogen (secondary N) is 1. The first kappa shape index (κ1) is 18.4. The molecule has 1 N–H and O–H groups in total. The van der Waals surface area contributed by atoms with Crippen LogP contribution in [0, 0.1) is 0 Å². The average molecular weight is 435 g/mol. The standard InChI is InChI=1S/C20H14N6O2S2/c27-17(11-25-20(28)26(24-23-25)18-6-3-9-29-18)22-19-21-16(12-30-19)15-8-7-13-4-1-2-5-14(13)10-15/h1-10,12H,11H2,(H,21,22,27). The highest BCUT2D eigenvalue weighted by Crippen LogP contribution is 2.27. The van der Waals surface area contributed by atoms with E-state index in [1.165, 1.54) is 27.4 Å². The molecule has 0 atom stereocenters. The minimum Gasteiger partial charge on any atom is -0.300 e. The quantitative estimate of drug-likeness (QED) is 0.457. The Labute approximate surface area is 178 Å². The number of thiophene rings is 1. The van der Waals surface area contributed by atoms with E-state index in [2.05, 4.69) is 38.9 Å². The van der Waals surface area contributed by atoms with Gasteiger partial charge >= 0.3 is 5.69 Å². The van der Waals surface area contributed by atoms with E-state index in [0.29, 0.717) is 10.1 Å². The number of thiazole rings is 1. The average Bonchev–Trinajstić information content (AvgIpc) is 3.50. The molecule has 2 aromatic carbocycles. The number of benzene rings is 2. The summed E-state index contributed by atoms with van der Waals surface area (Å²) in [6, 6.07) is 17.8. The first-order valence-corrected chi connectivity index (χ1v) is 10.7. The zero-order valence-corrected chi connectivity index (χ0v) is 17.1. The SMILES string of the molecule is O=C(Cn1nnn(-c2cccs2)c1=O)Nc1nc(-c2ccc3ccccc3c2)cs1. The lowest BCUT2D eigenvalue weighted by Gasteiger charge is -2.02. The number of rotatable bonds is 5. The fourth-order valence-corrected chi connectivity index (χ4v) is 4.41. The van der Waals surface area contributed by atoms with Gasteiger partial charge < -0.3 is 5.32 Å². The van der Waals surface area contributed by atoms with Gasteiger partial charge in [-0.15, -0.1) is 22.7 Å². The van der Waals surface area contributed by atoms with Gasteiger partial charge in [-0.3, -0.25) is 4.79 Å². The second-order valence-electron chi connectivity index (χ2n) is 6.43. The summed E-state index contributed by atoms with van der Waals surface area (Å²) >= 11 is 2.69. The zero-order valence-electron chi connectivity index (χ0n) is 15.4. The van der Waals surface area contributed by atoms with Crippen LogP contribution >= 0.6 is 22.7 Å². The maximum Gasteiger partial charge on any atom is 0.369 e. The van der Waals surface area contributed by atoms with Crippen LogP contribution in [0.5, 0.6) is 0 Å². The number of nitrogens with zero attached hydrogens (tertiary/aromatic N) is 5. The fraction of sp³-hybridized carbons (Fsp3) is 0.0500. The number of hydrogen-bond acceptors (Lipinski definition) is 7. The molecule has 0 unspecified atom stereocenters. The molecule has 3 aromatic heterocycles. The van der Waals surface area contributed by atoms with Crippen LogP contribution in [0.4, 0.5) is 5.13 Å². The van der Waals surface area contributed by atoms with Crippen molar-refractivity contribution >= 4 is 44.5 Å². The van der Waals surface area contributed by atoms with Gasteiger partial charge in [0, 0.05) is 10.9 Å². The van der Waals surface area contributed by atoms with Crippen LogP contribution in [-0.2, 0) is 11.3 Å². The van der Waals surface area contributed by atoms with Crippen LogP contribution in [-0.4, -0.2) is 30.7 Å². The highest BCUT2D eigenvalue weighted by Gasteiger charge is 2.14. The molecule has 0 aliphatic heterocycles. The molecule has 1 amide bonds. The maximum absolute atomic E-state index is 12.4. The maximum atomic E-state index is 12.4. The molecule has 30 heavy (non-hydrogen) atoms. The Balaban J connectivity index is 1.30. The Morgan fingerprint density at radius 2 is 1.87 bits per heavy atom. The summed E-state index contributed by atoms with van der Waals surface area (Å²) in [4.78, 5) is 29.2. The predicted octanol–water partition coefficient (Wildman–Crippen LogP) is 3.41. The largest absolute Gasteiger partial charge is 0.369 e. The summed E-state index contributed by atoms with van der Waals surface area (Å²) in [7, 11) is 0. The van der Waals surface area contributed by atoms with Gasteiger partial charge in [-0.05, 0) is 44.8 Å². The Morgan fingerprint density at radius 3 is 2.70 bits per heavy atom. The fourth-order valence-electron chi connectivity index (χ4n) is 3.01. The molecule has 10 heteroatoms. The molecule has 0 radical (unpaired) electrons. The highest BCUT2D eigenvalue weighted by atomic mass is 32.1. The molecule has 0 spiro atoms. The topological polar surface area (TPSA) is 94.7 Å². The van der Waals surface area contributed by atoms with E-state index < -0.39 is 11.6 Å². The van der Waals surface area contributed by atoms with Crippen LogP contribution in [0.25, 0.3) is 27.0 Å². The second-order valence-corrected chi connectivity index (χ2v) is 8.21. The summed E-state index contributed by atoms with van der Waals surface area (Å²) in [6.07, 6.45) is 0. The van der Waals surface area contributed by atoms with Crippen LogP contribution in [0.3, 0.4) is 0 Å². The van der Waals surface area contributed by atoms with Gasteiger partial charge in [0.2, 0.25) is 5.91 Å². The summed E-state index contributed by atoms with van der Waals surface area (Å²) in [6.45, 7) is -0.241. The third kappa shape index (κ3) is 3.53. The van der Waals surface area contributed by atoms with Crippen molar-refractivity contribution in [3.63, 3.8) is 0 Å². The van der Waals surface area contributed by atoms with Crippen molar-refractivity contribution in [1.29, 1.82) is 0 Å². The van der Waals surface area contributed by atoms with Gasteiger partial charge in [-0.2, -0.15) is 9.36 Å². The van der Waals surface area contributed by atoms with Crippen LogP contribution in [0.15, 0.2) is 70.2 Å². The molecule has 0 bridgehead atoms. The van der Waals surface area contributed by atoms with Crippen molar-refractivity contribution in [2.24, 2.45) is 0 Å². The zero-order chi connectivity index (χ0) is 20.5. The van der Waals surface area contributed by atoms with Crippen LogP contribution < -0.4 is 11.0 Å². The molecular weight excluding hydrogens is 420 g/mol. The molecule has 3 heterocycles. The Morgan fingerprint density at radius 1 is 1.00 bits per heavy atom. The van der Waals surface area contributed by atoms with E-state index in [0.717, 1.165) is 26.7 Å². The van der Waals surface area contributed by atoms with E-state index in [9.17, 15) is 9.59 Å². The van der Waals surface area contributed by atoms with Crippen LogP contribution in [0.2, 0.25) is 0 Å². The summed E-state index contributed by atoms with van der Waals surface area (Å²) in [5.74, 6) is -0.394. The van der Waals surface area contributed by atoms with E-state index in [1.54, 1.807) is 6.07 Å². The molecule has 0 aliphatic rings. The normalized spacial score (nSPS) is 11.1. The molecular formula is C20H14N6O2S2. The molecule has 0 saturated carbocycles. The number of hydrogen-bond donors (Lipinski definition) is 1. The van der Waals surface area contributed by atoms with Gasteiger partial charge in [0.25, 0.3) is 0 Å². The number of anilines is 1. The first-order valence-electron chi connectivity index (χ1n) is 8.99. The minimum atomic E-state index is -0.469.